The van der Waals surface area contributed by atoms with Crippen molar-refractivity contribution < 1.29 is 14.6 Å². The minimum absolute atomic E-state index is 0.478. The molecule has 2 aromatic rings. The smallest absolute Gasteiger partial charge is 0.161 e. The molecule has 4 nitrogen and oxygen atoms in total. The summed E-state index contributed by atoms with van der Waals surface area (Å²) in [4.78, 5) is 4.07. The van der Waals surface area contributed by atoms with Crippen molar-refractivity contribution in [3.05, 3.63) is 59.9 Å². The van der Waals surface area contributed by atoms with Crippen LogP contribution in [0.25, 0.3) is 6.08 Å². The summed E-state index contributed by atoms with van der Waals surface area (Å²) in [5.74, 6) is 1.54. The highest BCUT2D eigenvalue weighted by molar-refractivity contribution is 5.56. The van der Waals surface area contributed by atoms with E-state index in [1.807, 2.05) is 48.7 Å². The number of ether oxygens (including phenoxy) is 2. The Morgan fingerprint density at radius 3 is 2.86 bits per heavy atom. The summed E-state index contributed by atoms with van der Waals surface area (Å²) in [5, 5.41) is 10.0. The molecule has 0 aliphatic carbocycles. The Morgan fingerprint density at radius 2 is 2.05 bits per heavy atom. The molecular formula is C18H19NO3. The average molecular weight is 297 g/mol. The maximum Gasteiger partial charge on any atom is 0.161 e. The standard InChI is InChI=1S/C18H19NO3/c20-16(7-4-15-2-1-9-19-13-15)6-3-14-5-8-17-18(12-14)22-11-10-21-17/h1-3,5-6,8-9,12-13,16,20H,4,7,10-11H2/b6-3+. The first-order chi connectivity index (χ1) is 10.8. The molecule has 0 amide bonds. The Balaban J connectivity index is 1.56. The van der Waals surface area contributed by atoms with Gasteiger partial charge in [-0.1, -0.05) is 24.3 Å². The fourth-order valence-electron chi connectivity index (χ4n) is 2.34. The van der Waals surface area contributed by atoms with Crippen molar-refractivity contribution in [2.24, 2.45) is 0 Å². The van der Waals surface area contributed by atoms with Gasteiger partial charge in [-0.05, 0) is 42.2 Å². The number of aryl methyl sites for hydroxylation is 1. The number of aliphatic hydroxyl groups excluding tert-OH is 1. The molecule has 2 heterocycles. The Bertz CT molecular complexity index is 640. The molecule has 0 bridgehead atoms. The van der Waals surface area contributed by atoms with Gasteiger partial charge in [-0.3, -0.25) is 4.98 Å². The van der Waals surface area contributed by atoms with Crippen LogP contribution in [0.2, 0.25) is 0 Å². The fourth-order valence-corrected chi connectivity index (χ4v) is 2.34. The Hall–Kier alpha value is -2.33. The molecule has 0 radical (unpaired) electrons. The van der Waals surface area contributed by atoms with E-state index in [1.54, 1.807) is 6.20 Å². The van der Waals surface area contributed by atoms with Crippen LogP contribution in [0.1, 0.15) is 17.5 Å². The lowest BCUT2D eigenvalue weighted by molar-refractivity contribution is 0.171. The summed E-state index contributed by atoms with van der Waals surface area (Å²) in [6.45, 7) is 1.17. The Labute approximate surface area is 130 Å². The molecule has 0 fully saturated rings. The van der Waals surface area contributed by atoms with E-state index in [-0.39, 0.29) is 0 Å². The van der Waals surface area contributed by atoms with Gasteiger partial charge in [0.2, 0.25) is 0 Å². The first-order valence-corrected chi connectivity index (χ1v) is 7.46. The molecule has 1 aromatic carbocycles. The fraction of sp³-hybridized carbons (Fsp3) is 0.278. The van der Waals surface area contributed by atoms with Gasteiger partial charge in [-0.25, -0.2) is 0 Å². The molecule has 3 rings (SSSR count). The first kappa shape index (κ1) is 14.6. The topological polar surface area (TPSA) is 51.6 Å². The molecule has 0 saturated heterocycles. The van der Waals surface area contributed by atoms with Gasteiger partial charge in [-0.2, -0.15) is 0 Å². The van der Waals surface area contributed by atoms with Crippen LogP contribution in [0, 0.1) is 0 Å². The lowest BCUT2D eigenvalue weighted by atomic mass is 10.1. The number of benzene rings is 1. The number of nitrogens with zero attached hydrogens (tertiary/aromatic N) is 1. The number of pyridine rings is 1. The van der Waals surface area contributed by atoms with Crippen LogP contribution >= 0.6 is 0 Å². The molecule has 1 unspecified atom stereocenters. The number of rotatable bonds is 5. The van der Waals surface area contributed by atoms with Crippen LogP contribution in [-0.2, 0) is 6.42 Å². The number of hydrogen-bond donors (Lipinski definition) is 1. The SMILES string of the molecule is OC(/C=C/c1ccc2c(c1)OCCO2)CCc1cccnc1. The Kier molecular flexibility index (Phi) is 4.71. The van der Waals surface area contributed by atoms with Gasteiger partial charge < -0.3 is 14.6 Å². The van der Waals surface area contributed by atoms with E-state index in [0.29, 0.717) is 19.6 Å². The lowest BCUT2D eigenvalue weighted by Gasteiger charge is -2.18. The summed E-state index contributed by atoms with van der Waals surface area (Å²) in [7, 11) is 0. The first-order valence-electron chi connectivity index (χ1n) is 7.46. The van der Waals surface area contributed by atoms with Crippen molar-refractivity contribution >= 4 is 6.08 Å². The van der Waals surface area contributed by atoms with Gasteiger partial charge in [0.15, 0.2) is 11.5 Å². The minimum Gasteiger partial charge on any atom is -0.486 e. The van der Waals surface area contributed by atoms with Crippen molar-refractivity contribution in [1.29, 1.82) is 0 Å². The molecule has 1 aliphatic rings. The molecular weight excluding hydrogens is 278 g/mol. The largest absolute Gasteiger partial charge is 0.486 e. The molecule has 1 atom stereocenters. The second-order valence-corrected chi connectivity index (χ2v) is 5.23. The van der Waals surface area contributed by atoms with Crippen LogP contribution in [0.15, 0.2) is 48.8 Å². The van der Waals surface area contributed by atoms with Crippen molar-refractivity contribution in [2.45, 2.75) is 18.9 Å². The number of hydrogen-bond acceptors (Lipinski definition) is 4. The molecule has 0 saturated carbocycles. The van der Waals surface area contributed by atoms with Crippen LogP contribution in [0.3, 0.4) is 0 Å². The molecule has 1 aromatic heterocycles. The summed E-state index contributed by atoms with van der Waals surface area (Å²) < 4.78 is 11.0. The van der Waals surface area contributed by atoms with Gasteiger partial charge in [0.25, 0.3) is 0 Å². The maximum atomic E-state index is 10.0. The van der Waals surface area contributed by atoms with Crippen LogP contribution in [0.4, 0.5) is 0 Å². The zero-order valence-corrected chi connectivity index (χ0v) is 12.3. The second-order valence-electron chi connectivity index (χ2n) is 5.23. The number of aromatic nitrogens is 1. The van der Waals surface area contributed by atoms with Gasteiger partial charge >= 0.3 is 0 Å². The van der Waals surface area contributed by atoms with E-state index in [9.17, 15) is 5.11 Å². The summed E-state index contributed by atoms with van der Waals surface area (Å²) in [5.41, 5.74) is 2.12. The summed E-state index contributed by atoms with van der Waals surface area (Å²) in [6, 6.07) is 9.71. The number of aliphatic hydroxyl groups is 1. The Morgan fingerprint density at radius 1 is 1.18 bits per heavy atom. The van der Waals surface area contributed by atoms with Gasteiger partial charge in [-0.15, -0.1) is 0 Å². The van der Waals surface area contributed by atoms with Gasteiger partial charge in [0, 0.05) is 12.4 Å². The molecule has 22 heavy (non-hydrogen) atoms. The number of fused-ring (bicyclic) bond motifs is 1. The third kappa shape index (κ3) is 3.86. The van der Waals surface area contributed by atoms with Crippen molar-refractivity contribution in [3.8, 4) is 11.5 Å². The van der Waals surface area contributed by atoms with Crippen LogP contribution in [0.5, 0.6) is 11.5 Å². The van der Waals surface area contributed by atoms with Crippen LogP contribution < -0.4 is 9.47 Å². The third-order valence-corrected chi connectivity index (χ3v) is 3.53. The molecule has 1 aliphatic heterocycles. The highest BCUT2D eigenvalue weighted by atomic mass is 16.6. The summed E-state index contributed by atoms with van der Waals surface area (Å²) in [6.07, 6.45) is 8.30. The van der Waals surface area contributed by atoms with E-state index < -0.39 is 6.10 Å². The quantitative estimate of drug-likeness (QED) is 0.922. The zero-order valence-electron chi connectivity index (χ0n) is 12.3. The van der Waals surface area contributed by atoms with Gasteiger partial charge in [0.05, 0.1) is 6.10 Å². The van der Waals surface area contributed by atoms with Crippen molar-refractivity contribution in [2.75, 3.05) is 13.2 Å². The van der Waals surface area contributed by atoms with E-state index in [2.05, 4.69) is 4.98 Å². The molecule has 114 valence electrons. The van der Waals surface area contributed by atoms with Gasteiger partial charge in [0.1, 0.15) is 13.2 Å². The average Bonchev–Trinajstić information content (AvgIpc) is 2.59. The summed E-state index contributed by atoms with van der Waals surface area (Å²) >= 11 is 0. The third-order valence-electron chi connectivity index (χ3n) is 3.53. The van der Waals surface area contributed by atoms with E-state index in [4.69, 9.17) is 9.47 Å². The highest BCUT2D eigenvalue weighted by Crippen LogP contribution is 2.31. The maximum absolute atomic E-state index is 10.0. The molecule has 0 spiro atoms. The minimum atomic E-state index is -0.478. The van der Waals surface area contributed by atoms with E-state index in [1.165, 1.54) is 0 Å². The monoisotopic (exact) mass is 297 g/mol. The van der Waals surface area contributed by atoms with E-state index >= 15 is 0 Å². The highest BCUT2D eigenvalue weighted by Gasteiger charge is 2.10. The predicted octanol–water partition coefficient (Wildman–Crippen LogP) is 2.86. The second kappa shape index (κ2) is 7.09. The van der Waals surface area contributed by atoms with Crippen molar-refractivity contribution in [3.63, 3.8) is 0 Å². The van der Waals surface area contributed by atoms with E-state index in [0.717, 1.165) is 29.0 Å². The molecule has 4 heteroatoms. The van der Waals surface area contributed by atoms with Crippen LogP contribution in [-0.4, -0.2) is 29.4 Å². The molecule has 1 N–H and O–H groups in total. The van der Waals surface area contributed by atoms with Crippen molar-refractivity contribution in [1.82, 2.24) is 4.98 Å². The predicted molar refractivity (Wildman–Crippen MR) is 85.0 cm³/mol. The normalized spacial score (nSPS) is 15.0. The lowest BCUT2D eigenvalue weighted by Crippen LogP contribution is -2.15. The zero-order chi connectivity index (χ0) is 15.2.